The smallest absolute Gasteiger partial charge is 0.215 e. The predicted octanol–water partition coefficient (Wildman–Crippen LogP) is 3.24. The molecule has 7 nitrogen and oxygen atoms in total. The van der Waals surface area contributed by atoms with Crippen LogP contribution in [0.3, 0.4) is 0 Å². The van der Waals surface area contributed by atoms with Crippen LogP contribution < -0.4 is 11.1 Å². The van der Waals surface area contributed by atoms with Crippen LogP contribution >= 0.6 is 11.8 Å². The Labute approximate surface area is 142 Å². The van der Waals surface area contributed by atoms with E-state index in [0.29, 0.717) is 11.8 Å². The zero-order valence-corrected chi connectivity index (χ0v) is 13.7. The number of hydrogen-bond donors (Lipinski definition) is 3. The molecule has 0 atom stereocenters. The number of nitrogens with one attached hydrogen (secondary N) is 2. The van der Waals surface area contributed by atoms with Crippen molar-refractivity contribution in [1.29, 1.82) is 0 Å². The molecular weight excluding hydrogens is 322 g/mol. The minimum absolute atomic E-state index is 0.662. The quantitative estimate of drug-likeness (QED) is 0.391. The van der Waals surface area contributed by atoms with E-state index in [1.54, 1.807) is 18.0 Å². The van der Waals surface area contributed by atoms with E-state index in [1.165, 1.54) is 0 Å². The van der Waals surface area contributed by atoms with Crippen LogP contribution in [0.4, 0.5) is 17.5 Å². The van der Waals surface area contributed by atoms with E-state index < -0.39 is 0 Å². The number of aryl methyl sites for hydroxylation is 1. The Balaban J connectivity index is 1.70. The van der Waals surface area contributed by atoms with Crippen molar-refractivity contribution in [1.82, 2.24) is 24.6 Å². The summed E-state index contributed by atoms with van der Waals surface area (Å²) in [5.41, 5.74) is 8.27. The van der Waals surface area contributed by atoms with Crippen LogP contribution in [0.25, 0.3) is 5.65 Å². The van der Waals surface area contributed by atoms with Gasteiger partial charge in [0.15, 0.2) is 5.82 Å². The number of nitrogens with zero attached hydrogens (tertiary/aromatic N) is 4. The maximum atomic E-state index is 5.73. The number of rotatable bonds is 4. The molecule has 8 heteroatoms. The third-order valence-electron chi connectivity index (χ3n) is 3.41. The van der Waals surface area contributed by atoms with E-state index in [0.717, 1.165) is 26.9 Å². The van der Waals surface area contributed by atoms with E-state index >= 15 is 0 Å². The zero-order chi connectivity index (χ0) is 16.5. The summed E-state index contributed by atoms with van der Waals surface area (Å²) in [4.78, 5) is 10.1. The van der Waals surface area contributed by atoms with Crippen molar-refractivity contribution in [2.24, 2.45) is 0 Å². The molecule has 0 fully saturated rings. The molecule has 0 aliphatic carbocycles. The fourth-order valence-corrected chi connectivity index (χ4v) is 3.11. The van der Waals surface area contributed by atoms with E-state index in [2.05, 4.69) is 25.5 Å². The SMILES string of the molecule is Cc1cc(Nc2nc(Sc3ccc(N)cc3)cc3nccn23)n[nH]1. The lowest BCUT2D eigenvalue weighted by Gasteiger charge is -2.08. The fraction of sp³-hybridized carbons (Fsp3) is 0.0625. The molecule has 120 valence electrons. The first-order valence-electron chi connectivity index (χ1n) is 7.34. The van der Waals surface area contributed by atoms with Crippen molar-refractivity contribution < 1.29 is 0 Å². The second-order valence-electron chi connectivity index (χ2n) is 5.31. The molecule has 0 spiro atoms. The number of H-pyrrole nitrogens is 1. The van der Waals surface area contributed by atoms with Crippen LogP contribution in [0, 0.1) is 6.92 Å². The number of benzene rings is 1. The van der Waals surface area contributed by atoms with E-state index in [9.17, 15) is 0 Å². The normalized spacial score (nSPS) is 11.0. The first-order valence-corrected chi connectivity index (χ1v) is 8.15. The average molecular weight is 337 g/mol. The predicted molar refractivity (Wildman–Crippen MR) is 94.6 cm³/mol. The van der Waals surface area contributed by atoms with Crippen molar-refractivity contribution in [3.05, 3.63) is 54.5 Å². The Morgan fingerprint density at radius 3 is 2.79 bits per heavy atom. The second kappa shape index (κ2) is 5.89. The van der Waals surface area contributed by atoms with Crippen molar-refractivity contribution >= 4 is 34.9 Å². The van der Waals surface area contributed by atoms with Crippen LogP contribution in [-0.4, -0.2) is 24.6 Å². The van der Waals surface area contributed by atoms with Crippen LogP contribution in [0.5, 0.6) is 0 Å². The van der Waals surface area contributed by atoms with Gasteiger partial charge >= 0.3 is 0 Å². The van der Waals surface area contributed by atoms with Crippen LogP contribution in [0.15, 0.2) is 58.7 Å². The molecule has 0 bridgehead atoms. The molecule has 0 radical (unpaired) electrons. The summed E-state index contributed by atoms with van der Waals surface area (Å²) in [6, 6.07) is 11.6. The molecule has 0 aliphatic rings. The van der Waals surface area contributed by atoms with Crippen molar-refractivity contribution in [3.63, 3.8) is 0 Å². The summed E-state index contributed by atoms with van der Waals surface area (Å²) >= 11 is 1.56. The lowest BCUT2D eigenvalue weighted by atomic mass is 10.3. The lowest BCUT2D eigenvalue weighted by molar-refractivity contribution is 0.999. The Kier molecular flexibility index (Phi) is 3.58. The lowest BCUT2D eigenvalue weighted by Crippen LogP contribution is -2.02. The molecule has 1 aromatic carbocycles. The van der Waals surface area contributed by atoms with Gasteiger partial charge in [-0.1, -0.05) is 11.8 Å². The van der Waals surface area contributed by atoms with Gasteiger partial charge in [0.2, 0.25) is 5.95 Å². The summed E-state index contributed by atoms with van der Waals surface area (Å²) in [6.07, 6.45) is 3.61. The number of fused-ring (bicyclic) bond motifs is 1. The number of aromatic nitrogens is 5. The maximum Gasteiger partial charge on any atom is 0.215 e. The summed E-state index contributed by atoms with van der Waals surface area (Å²) in [7, 11) is 0. The molecule has 4 N–H and O–H groups in total. The highest BCUT2D eigenvalue weighted by molar-refractivity contribution is 7.99. The van der Waals surface area contributed by atoms with Gasteiger partial charge in [0.1, 0.15) is 10.7 Å². The molecule has 3 aromatic heterocycles. The van der Waals surface area contributed by atoms with E-state index in [4.69, 9.17) is 5.73 Å². The first kappa shape index (κ1) is 14.6. The molecule has 4 rings (SSSR count). The molecule has 4 aromatic rings. The van der Waals surface area contributed by atoms with Gasteiger partial charge in [-0.2, -0.15) is 5.10 Å². The first-order chi connectivity index (χ1) is 11.7. The highest BCUT2D eigenvalue weighted by Crippen LogP contribution is 2.29. The largest absolute Gasteiger partial charge is 0.399 e. The monoisotopic (exact) mass is 337 g/mol. The fourth-order valence-electron chi connectivity index (χ4n) is 2.30. The van der Waals surface area contributed by atoms with Crippen LogP contribution in [0.2, 0.25) is 0 Å². The van der Waals surface area contributed by atoms with Crippen LogP contribution in [0.1, 0.15) is 5.69 Å². The van der Waals surface area contributed by atoms with Gasteiger partial charge in [0, 0.05) is 40.8 Å². The molecule has 0 aliphatic heterocycles. The Bertz CT molecular complexity index is 987. The minimum Gasteiger partial charge on any atom is -0.399 e. The number of hydrogen-bond acceptors (Lipinski definition) is 6. The number of anilines is 3. The molecule has 24 heavy (non-hydrogen) atoms. The van der Waals surface area contributed by atoms with Gasteiger partial charge in [0.25, 0.3) is 0 Å². The standard InChI is InChI=1S/C16H15N7S/c1-10-8-13(22-21-10)19-16-20-15(9-14-18-6-7-23(14)16)24-12-4-2-11(17)3-5-12/h2-9H,17H2,1H3,(H2,19,20,21,22). The van der Waals surface area contributed by atoms with Gasteiger partial charge in [-0.05, 0) is 31.2 Å². The number of imidazole rings is 1. The van der Waals surface area contributed by atoms with E-state index in [-0.39, 0.29) is 0 Å². The van der Waals surface area contributed by atoms with Crippen molar-refractivity contribution in [2.75, 3.05) is 11.1 Å². The van der Waals surface area contributed by atoms with Gasteiger partial charge < -0.3 is 11.1 Å². The highest BCUT2D eigenvalue weighted by atomic mass is 32.2. The molecular formula is C16H15N7S. The topological polar surface area (TPSA) is 96.9 Å². The zero-order valence-electron chi connectivity index (χ0n) is 12.9. The Hall–Kier alpha value is -3.00. The summed E-state index contributed by atoms with van der Waals surface area (Å²) in [6.45, 7) is 1.95. The third kappa shape index (κ3) is 2.91. The van der Waals surface area contributed by atoms with Crippen molar-refractivity contribution in [3.8, 4) is 0 Å². The van der Waals surface area contributed by atoms with Gasteiger partial charge in [-0.25, -0.2) is 9.97 Å². The second-order valence-corrected chi connectivity index (χ2v) is 6.40. The number of nitrogens with two attached hydrogens (primary N) is 1. The van der Waals surface area contributed by atoms with Crippen molar-refractivity contribution in [2.45, 2.75) is 16.8 Å². The van der Waals surface area contributed by atoms with Gasteiger partial charge in [-0.3, -0.25) is 9.50 Å². The molecule has 0 saturated carbocycles. The summed E-state index contributed by atoms with van der Waals surface area (Å²) in [5.74, 6) is 1.37. The molecule has 0 amide bonds. The number of nitrogen functional groups attached to an aromatic ring is 1. The summed E-state index contributed by atoms with van der Waals surface area (Å²) in [5, 5.41) is 11.2. The van der Waals surface area contributed by atoms with Gasteiger partial charge in [0.05, 0.1) is 0 Å². The molecule has 0 saturated heterocycles. The van der Waals surface area contributed by atoms with Gasteiger partial charge in [-0.15, -0.1) is 0 Å². The average Bonchev–Trinajstić information content (AvgIpc) is 3.19. The third-order valence-corrected chi connectivity index (χ3v) is 4.34. The minimum atomic E-state index is 0.662. The highest BCUT2D eigenvalue weighted by Gasteiger charge is 2.09. The van der Waals surface area contributed by atoms with E-state index in [1.807, 2.05) is 53.9 Å². The van der Waals surface area contributed by atoms with Crippen LogP contribution in [-0.2, 0) is 0 Å². The Morgan fingerprint density at radius 2 is 2.04 bits per heavy atom. The molecule has 0 unspecified atom stereocenters. The number of aromatic amines is 1. The summed E-state index contributed by atoms with van der Waals surface area (Å²) < 4.78 is 1.89. The molecule has 3 heterocycles. The maximum absolute atomic E-state index is 5.73. The Morgan fingerprint density at radius 1 is 1.21 bits per heavy atom.